The lowest BCUT2D eigenvalue weighted by atomic mass is 9.98. The monoisotopic (exact) mass is 511 g/mol. The molecule has 8 heteroatoms. The Morgan fingerprint density at radius 2 is 1.62 bits per heavy atom. The molecule has 0 bridgehead atoms. The predicted octanol–water partition coefficient (Wildman–Crippen LogP) is 4.72. The van der Waals surface area contributed by atoms with E-state index in [1.807, 2.05) is 58.0 Å². The molecule has 0 fully saturated rings. The van der Waals surface area contributed by atoms with Gasteiger partial charge in [0.15, 0.2) is 0 Å². The summed E-state index contributed by atoms with van der Waals surface area (Å²) in [6, 6.07) is 13.7. The molecule has 2 aromatic carbocycles. The summed E-state index contributed by atoms with van der Waals surface area (Å²) < 4.78 is 5.44. The van der Waals surface area contributed by atoms with Crippen LogP contribution in [-0.4, -0.2) is 51.6 Å². The van der Waals surface area contributed by atoms with Crippen LogP contribution >= 0.6 is 0 Å². The van der Waals surface area contributed by atoms with E-state index in [2.05, 4.69) is 10.6 Å². The summed E-state index contributed by atoms with van der Waals surface area (Å²) in [6.07, 6.45) is 0.0764. The maximum atomic E-state index is 14.1. The Kier molecular flexibility index (Phi) is 10.1. The van der Waals surface area contributed by atoms with Gasteiger partial charge in [0.05, 0.1) is 0 Å². The number of nitrogens with one attached hydrogen (secondary N) is 2. The highest BCUT2D eigenvalue weighted by Crippen LogP contribution is 2.27. The molecule has 8 nitrogen and oxygen atoms in total. The van der Waals surface area contributed by atoms with Crippen molar-refractivity contribution in [2.24, 2.45) is 0 Å². The molecule has 2 aromatic rings. The largest absolute Gasteiger partial charge is 0.508 e. The van der Waals surface area contributed by atoms with Gasteiger partial charge in [0.25, 0.3) is 0 Å². The Balaban J connectivity index is 2.53. The molecule has 0 aliphatic carbocycles. The molecule has 2 atom stereocenters. The van der Waals surface area contributed by atoms with E-state index >= 15 is 0 Å². The maximum Gasteiger partial charge on any atom is 0.408 e. The third kappa shape index (κ3) is 9.79. The fourth-order valence-electron chi connectivity index (χ4n) is 3.91. The van der Waals surface area contributed by atoms with E-state index < -0.39 is 35.2 Å². The number of phenols is 1. The first kappa shape index (κ1) is 29.7. The number of amides is 3. The van der Waals surface area contributed by atoms with Gasteiger partial charge in [-0.2, -0.15) is 0 Å². The van der Waals surface area contributed by atoms with Crippen molar-refractivity contribution in [1.29, 1.82) is 0 Å². The number of hydrogen-bond donors (Lipinski definition) is 3. The lowest BCUT2D eigenvalue weighted by Gasteiger charge is -2.36. The highest BCUT2D eigenvalue weighted by atomic mass is 16.6. The number of carbonyl (C=O) groups excluding carboxylic acids is 3. The number of phenolic OH excluding ortho intramolecular Hbond substituents is 1. The maximum absolute atomic E-state index is 14.1. The molecule has 0 heterocycles. The quantitative estimate of drug-likeness (QED) is 0.451. The molecule has 202 valence electrons. The Bertz CT molecular complexity index is 1060. The van der Waals surface area contributed by atoms with Crippen molar-refractivity contribution < 1.29 is 24.2 Å². The van der Waals surface area contributed by atoms with Crippen LogP contribution in [0, 0.1) is 0 Å². The van der Waals surface area contributed by atoms with Gasteiger partial charge in [-0.3, -0.25) is 9.59 Å². The molecular weight excluding hydrogens is 470 g/mol. The van der Waals surface area contributed by atoms with Crippen LogP contribution in [0.5, 0.6) is 5.75 Å². The number of alkyl carbamates (subject to hydrolysis) is 1. The predicted molar refractivity (Wildman–Crippen MR) is 144 cm³/mol. The van der Waals surface area contributed by atoms with Crippen LogP contribution in [-0.2, 0) is 20.7 Å². The lowest BCUT2D eigenvalue weighted by Crippen LogP contribution is -2.55. The third-order valence-electron chi connectivity index (χ3n) is 5.26. The van der Waals surface area contributed by atoms with Gasteiger partial charge in [-0.1, -0.05) is 49.4 Å². The fraction of sp³-hybridized carbons (Fsp3) is 0.483. The minimum atomic E-state index is -1.02. The van der Waals surface area contributed by atoms with E-state index in [9.17, 15) is 19.5 Å². The van der Waals surface area contributed by atoms with Crippen LogP contribution in [0.2, 0.25) is 0 Å². The molecule has 0 saturated carbocycles. The van der Waals surface area contributed by atoms with Gasteiger partial charge in [0.1, 0.15) is 23.4 Å². The molecule has 0 saturated heterocycles. The second-order valence-corrected chi connectivity index (χ2v) is 11.2. The van der Waals surface area contributed by atoms with Crippen molar-refractivity contribution in [3.8, 4) is 5.75 Å². The van der Waals surface area contributed by atoms with Gasteiger partial charge in [-0.25, -0.2) is 4.79 Å². The van der Waals surface area contributed by atoms with Crippen molar-refractivity contribution in [3.05, 3.63) is 65.7 Å². The Labute approximate surface area is 220 Å². The topological polar surface area (TPSA) is 108 Å². The zero-order valence-electron chi connectivity index (χ0n) is 23.0. The van der Waals surface area contributed by atoms with Gasteiger partial charge in [-0.05, 0) is 71.2 Å². The van der Waals surface area contributed by atoms with Gasteiger partial charge in [0.2, 0.25) is 11.8 Å². The molecule has 37 heavy (non-hydrogen) atoms. The lowest BCUT2D eigenvalue weighted by molar-refractivity contribution is -0.143. The Morgan fingerprint density at radius 3 is 2.16 bits per heavy atom. The molecule has 3 amide bonds. The van der Waals surface area contributed by atoms with E-state index in [4.69, 9.17) is 4.74 Å². The first-order chi connectivity index (χ1) is 17.2. The normalized spacial score (nSPS) is 13.3. The number of ether oxygens (including phenoxy) is 1. The number of benzene rings is 2. The molecular formula is C29H41N3O5. The van der Waals surface area contributed by atoms with E-state index in [0.717, 1.165) is 5.56 Å². The number of rotatable bonds is 9. The zero-order valence-corrected chi connectivity index (χ0v) is 23.0. The van der Waals surface area contributed by atoms with Crippen molar-refractivity contribution in [3.63, 3.8) is 0 Å². The Hall–Kier alpha value is -3.55. The second kappa shape index (κ2) is 12.6. The number of nitrogens with zero attached hydrogens (tertiary/aromatic N) is 1. The third-order valence-corrected chi connectivity index (χ3v) is 5.26. The minimum absolute atomic E-state index is 0.0114. The summed E-state index contributed by atoms with van der Waals surface area (Å²) in [5.74, 6) is -0.813. The molecule has 0 aliphatic heterocycles. The molecule has 2 unspecified atom stereocenters. The first-order valence-corrected chi connectivity index (χ1v) is 12.6. The average molecular weight is 512 g/mol. The number of carbonyl (C=O) groups is 3. The van der Waals surface area contributed by atoms with Gasteiger partial charge >= 0.3 is 6.09 Å². The van der Waals surface area contributed by atoms with Gasteiger partial charge in [0, 0.05) is 18.5 Å². The summed E-state index contributed by atoms with van der Waals surface area (Å²) in [5.41, 5.74) is 0.0240. The van der Waals surface area contributed by atoms with Crippen molar-refractivity contribution in [1.82, 2.24) is 15.5 Å². The van der Waals surface area contributed by atoms with E-state index in [1.54, 1.807) is 32.9 Å². The van der Waals surface area contributed by atoms with Crippen molar-refractivity contribution in [2.45, 2.75) is 84.5 Å². The van der Waals surface area contributed by atoms with E-state index in [1.165, 1.54) is 17.0 Å². The van der Waals surface area contributed by atoms with Crippen LogP contribution < -0.4 is 10.6 Å². The van der Waals surface area contributed by atoms with Gasteiger partial charge in [-0.15, -0.1) is 0 Å². The van der Waals surface area contributed by atoms with Crippen LogP contribution in [0.15, 0.2) is 54.6 Å². The summed E-state index contributed by atoms with van der Waals surface area (Å²) in [5, 5.41) is 15.8. The van der Waals surface area contributed by atoms with E-state index in [0.29, 0.717) is 12.0 Å². The van der Waals surface area contributed by atoms with Crippen LogP contribution in [0.25, 0.3) is 0 Å². The molecule has 0 radical (unpaired) electrons. The summed E-state index contributed by atoms with van der Waals surface area (Å²) in [6.45, 7) is 13.0. The molecule has 3 N–H and O–H groups in total. The summed E-state index contributed by atoms with van der Waals surface area (Å²) in [4.78, 5) is 41.9. The van der Waals surface area contributed by atoms with Gasteiger partial charge < -0.3 is 25.4 Å². The standard InChI is InChI=1S/C29H41N3O5/c1-8-17-32(24(25(34)31-28(2,3)4)21-15-12-16-22(33)19-21)26(35)23(18-20-13-10-9-11-14-20)30-27(36)37-29(5,6)7/h9-16,19,23-24,33H,8,17-18H2,1-7H3,(H,30,36)(H,31,34). The molecule has 2 rings (SSSR count). The zero-order chi connectivity index (χ0) is 27.8. The Morgan fingerprint density at radius 1 is 0.973 bits per heavy atom. The molecule has 0 aliphatic rings. The van der Waals surface area contributed by atoms with Crippen LogP contribution in [0.4, 0.5) is 4.79 Å². The van der Waals surface area contributed by atoms with Crippen LogP contribution in [0.1, 0.15) is 72.1 Å². The highest BCUT2D eigenvalue weighted by molar-refractivity contribution is 5.92. The molecule has 0 spiro atoms. The van der Waals surface area contributed by atoms with Crippen molar-refractivity contribution in [2.75, 3.05) is 6.54 Å². The fourth-order valence-corrected chi connectivity index (χ4v) is 3.91. The smallest absolute Gasteiger partial charge is 0.408 e. The summed E-state index contributed by atoms with van der Waals surface area (Å²) in [7, 11) is 0. The van der Waals surface area contributed by atoms with E-state index in [-0.39, 0.29) is 24.6 Å². The second-order valence-electron chi connectivity index (χ2n) is 11.2. The minimum Gasteiger partial charge on any atom is -0.508 e. The summed E-state index contributed by atoms with van der Waals surface area (Å²) >= 11 is 0. The van der Waals surface area contributed by atoms with Crippen molar-refractivity contribution >= 4 is 17.9 Å². The SMILES string of the molecule is CCCN(C(=O)C(Cc1ccccc1)NC(=O)OC(C)(C)C)C(C(=O)NC(C)(C)C)c1cccc(O)c1. The molecule has 0 aromatic heterocycles. The van der Waals surface area contributed by atoms with Crippen LogP contribution in [0.3, 0.4) is 0 Å². The first-order valence-electron chi connectivity index (χ1n) is 12.6. The number of aromatic hydroxyl groups is 1. The number of hydrogen-bond acceptors (Lipinski definition) is 5. The highest BCUT2D eigenvalue weighted by Gasteiger charge is 2.37. The average Bonchev–Trinajstić information content (AvgIpc) is 2.76.